The Bertz CT molecular complexity index is 1090. The molecule has 2 amide bonds. The summed E-state index contributed by atoms with van der Waals surface area (Å²) in [6.07, 6.45) is 6.30. The van der Waals surface area contributed by atoms with E-state index >= 15 is 0 Å². The molecule has 1 saturated carbocycles. The van der Waals surface area contributed by atoms with E-state index in [1.807, 2.05) is 40.7 Å². The average Bonchev–Trinajstić information content (AvgIpc) is 3.54. The number of rotatable bonds is 4. The molecule has 0 spiro atoms. The minimum absolute atomic E-state index is 0.0150. The molecule has 2 aliphatic heterocycles. The van der Waals surface area contributed by atoms with E-state index in [4.69, 9.17) is 0 Å². The van der Waals surface area contributed by atoms with Crippen molar-refractivity contribution in [3.63, 3.8) is 0 Å². The number of nitrogens with zero attached hydrogens (tertiary/aromatic N) is 5. The monoisotopic (exact) mass is 451 g/mol. The fraction of sp³-hybridized carbons (Fsp3) is 0.600. The van der Waals surface area contributed by atoms with E-state index < -0.39 is 0 Å². The molecule has 33 heavy (non-hydrogen) atoms. The van der Waals surface area contributed by atoms with Crippen LogP contribution in [-0.4, -0.2) is 50.7 Å². The van der Waals surface area contributed by atoms with Crippen molar-refractivity contribution in [2.45, 2.75) is 63.8 Å². The molecule has 2 saturated heterocycles. The maximum atomic E-state index is 13.2. The van der Waals surface area contributed by atoms with Crippen LogP contribution in [0.25, 0.3) is 0 Å². The van der Waals surface area contributed by atoms with E-state index in [-0.39, 0.29) is 41.8 Å². The van der Waals surface area contributed by atoms with Gasteiger partial charge >= 0.3 is 5.69 Å². The van der Waals surface area contributed by atoms with Crippen molar-refractivity contribution in [2.75, 3.05) is 24.5 Å². The van der Waals surface area contributed by atoms with Crippen LogP contribution in [-0.2, 0) is 16.6 Å². The lowest BCUT2D eigenvalue weighted by Crippen LogP contribution is -2.42. The van der Waals surface area contributed by atoms with Crippen LogP contribution < -0.4 is 10.6 Å². The van der Waals surface area contributed by atoms with Gasteiger partial charge in [0.2, 0.25) is 11.8 Å². The van der Waals surface area contributed by atoms with Gasteiger partial charge in [-0.25, -0.2) is 9.48 Å². The third-order valence-corrected chi connectivity index (χ3v) is 7.66. The Balaban J connectivity index is 1.23. The summed E-state index contributed by atoms with van der Waals surface area (Å²) in [5.74, 6) is 0.884. The number of benzene rings is 1. The molecule has 0 radical (unpaired) electrons. The third-order valence-electron chi connectivity index (χ3n) is 7.66. The van der Waals surface area contributed by atoms with E-state index in [0.29, 0.717) is 19.6 Å². The molecule has 1 unspecified atom stereocenters. The number of amides is 2. The van der Waals surface area contributed by atoms with Crippen LogP contribution in [0.3, 0.4) is 0 Å². The second-order valence-electron chi connectivity index (χ2n) is 9.91. The highest BCUT2D eigenvalue weighted by atomic mass is 16.2. The molecular formula is C25H33N5O3. The number of likely N-dealkylation sites (tertiary alicyclic amines) is 1. The normalized spacial score (nSPS) is 22.5. The van der Waals surface area contributed by atoms with Crippen molar-refractivity contribution >= 4 is 17.5 Å². The fourth-order valence-electron chi connectivity index (χ4n) is 5.75. The van der Waals surface area contributed by atoms with Gasteiger partial charge in [-0.2, -0.15) is 5.10 Å². The van der Waals surface area contributed by atoms with Gasteiger partial charge in [0.25, 0.3) is 0 Å². The van der Waals surface area contributed by atoms with E-state index in [1.165, 1.54) is 4.68 Å². The van der Waals surface area contributed by atoms with E-state index in [0.717, 1.165) is 55.6 Å². The topological polar surface area (TPSA) is 80.4 Å². The van der Waals surface area contributed by atoms with Crippen LogP contribution in [0.4, 0.5) is 5.69 Å². The third kappa shape index (κ3) is 4.11. The molecule has 3 aliphatic rings. The van der Waals surface area contributed by atoms with Crippen molar-refractivity contribution in [2.24, 2.45) is 13.0 Å². The predicted octanol–water partition coefficient (Wildman–Crippen LogP) is 2.76. The summed E-state index contributed by atoms with van der Waals surface area (Å²) in [7, 11) is 1.73. The van der Waals surface area contributed by atoms with Gasteiger partial charge in [0.15, 0.2) is 0 Å². The first kappa shape index (κ1) is 21.9. The van der Waals surface area contributed by atoms with Gasteiger partial charge in [-0.3, -0.25) is 14.2 Å². The SMILES string of the molecule is Cc1ccc(N2CC(C(=O)N3CCC(c4nn(C)c(=O)n4C4CCCC4)CC3)CC2=O)cc1. The second-order valence-corrected chi connectivity index (χ2v) is 9.91. The van der Waals surface area contributed by atoms with Crippen LogP contribution in [0, 0.1) is 12.8 Å². The Morgan fingerprint density at radius 3 is 2.33 bits per heavy atom. The first-order valence-electron chi connectivity index (χ1n) is 12.2. The summed E-state index contributed by atoms with van der Waals surface area (Å²) in [5.41, 5.74) is 1.99. The summed E-state index contributed by atoms with van der Waals surface area (Å²) in [5, 5.41) is 4.60. The lowest BCUT2D eigenvalue weighted by atomic mass is 9.94. The number of aryl methyl sites for hydroxylation is 2. The zero-order valence-electron chi connectivity index (χ0n) is 19.6. The Morgan fingerprint density at radius 1 is 1.00 bits per heavy atom. The molecule has 5 rings (SSSR count). The van der Waals surface area contributed by atoms with Gasteiger partial charge in [-0.15, -0.1) is 0 Å². The molecule has 3 fully saturated rings. The number of carbonyl (C=O) groups is 2. The summed E-state index contributed by atoms with van der Waals surface area (Å²) >= 11 is 0. The average molecular weight is 452 g/mol. The molecule has 1 aliphatic carbocycles. The highest BCUT2D eigenvalue weighted by Crippen LogP contribution is 2.34. The molecule has 2 aromatic rings. The number of hydrogen-bond acceptors (Lipinski definition) is 4. The summed E-state index contributed by atoms with van der Waals surface area (Å²) in [6, 6.07) is 8.14. The molecule has 1 aromatic carbocycles. The Hall–Kier alpha value is -2.90. The van der Waals surface area contributed by atoms with Crippen LogP contribution >= 0.6 is 0 Å². The maximum absolute atomic E-state index is 13.2. The van der Waals surface area contributed by atoms with Crippen molar-refractivity contribution < 1.29 is 9.59 Å². The number of hydrogen-bond donors (Lipinski definition) is 0. The molecule has 8 nitrogen and oxygen atoms in total. The van der Waals surface area contributed by atoms with Gasteiger partial charge in [0, 0.05) is 50.7 Å². The quantitative estimate of drug-likeness (QED) is 0.716. The fourth-order valence-corrected chi connectivity index (χ4v) is 5.75. The first-order valence-corrected chi connectivity index (χ1v) is 12.2. The number of aromatic nitrogens is 3. The summed E-state index contributed by atoms with van der Waals surface area (Å²) in [4.78, 5) is 42.2. The maximum Gasteiger partial charge on any atom is 0.345 e. The van der Waals surface area contributed by atoms with Crippen LogP contribution in [0.5, 0.6) is 0 Å². The lowest BCUT2D eigenvalue weighted by molar-refractivity contribution is -0.136. The molecule has 176 valence electrons. The standard InChI is InChI=1S/C25H33N5O3/c1-17-7-9-20(10-8-17)29-16-19(15-22(29)31)24(32)28-13-11-18(12-14-28)23-26-27(2)25(33)30(23)21-5-3-4-6-21/h7-10,18-19,21H,3-6,11-16H2,1-2H3. The molecule has 0 bridgehead atoms. The van der Waals surface area contributed by atoms with E-state index in [2.05, 4.69) is 5.10 Å². The summed E-state index contributed by atoms with van der Waals surface area (Å²) in [6.45, 7) is 3.76. The zero-order valence-corrected chi connectivity index (χ0v) is 19.6. The Kier molecular flexibility index (Phi) is 5.85. The van der Waals surface area contributed by atoms with Gasteiger partial charge in [0.05, 0.1) is 5.92 Å². The molecular weight excluding hydrogens is 418 g/mol. The Labute approximate surface area is 194 Å². The molecule has 1 atom stereocenters. The molecule has 1 aromatic heterocycles. The van der Waals surface area contributed by atoms with Gasteiger partial charge in [0.1, 0.15) is 5.82 Å². The lowest BCUT2D eigenvalue weighted by Gasteiger charge is -2.33. The molecule has 8 heteroatoms. The number of piperidine rings is 1. The summed E-state index contributed by atoms with van der Waals surface area (Å²) < 4.78 is 3.40. The van der Waals surface area contributed by atoms with Crippen LogP contribution in [0.15, 0.2) is 29.1 Å². The largest absolute Gasteiger partial charge is 0.345 e. The van der Waals surface area contributed by atoms with Gasteiger partial charge in [-0.1, -0.05) is 30.5 Å². The number of carbonyl (C=O) groups excluding carboxylic acids is 2. The first-order chi connectivity index (χ1) is 15.9. The van der Waals surface area contributed by atoms with Crippen molar-refractivity contribution in [3.05, 3.63) is 46.1 Å². The van der Waals surface area contributed by atoms with E-state index in [9.17, 15) is 14.4 Å². The molecule has 0 N–H and O–H groups in total. The second kappa shape index (κ2) is 8.80. The van der Waals surface area contributed by atoms with Crippen molar-refractivity contribution in [1.82, 2.24) is 19.2 Å². The molecule has 3 heterocycles. The minimum Gasteiger partial charge on any atom is -0.342 e. The van der Waals surface area contributed by atoms with Crippen LogP contribution in [0.1, 0.15) is 68.3 Å². The smallest absolute Gasteiger partial charge is 0.342 e. The predicted molar refractivity (Wildman–Crippen MR) is 125 cm³/mol. The highest BCUT2D eigenvalue weighted by Gasteiger charge is 2.39. The van der Waals surface area contributed by atoms with Crippen LogP contribution in [0.2, 0.25) is 0 Å². The zero-order chi connectivity index (χ0) is 23.1. The van der Waals surface area contributed by atoms with E-state index in [1.54, 1.807) is 11.9 Å². The minimum atomic E-state index is -0.290. The number of anilines is 1. The van der Waals surface area contributed by atoms with Crippen molar-refractivity contribution in [3.8, 4) is 0 Å². The Morgan fingerprint density at radius 2 is 1.67 bits per heavy atom. The van der Waals surface area contributed by atoms with Gasteiger partial charge < -0.3 is 9.80 Å². The van der Waals surface area contributed by atoms with Gasteiger partial charge in [-0.05, 0) is 44.7 Å². The highest BCUT2D eigenvalue weighted by molar-refractivity contribution is 6.00. The van der Waals surface area contributed by atoms with Crippen molar-refractivity contribution in [1.29, 1.82) is 0 Å².